The van der Waals surface area contributed by atoms with Crippen molar-refractivity contribution in [1.82, 2.24) is 10.2 Å². The Balaban J connectivity index is 1.81. The number of rotatable bonds is 3. The molecule has 0 bridgehead atoms. The summed E-state index contributed by atoms with van der Waals surface area (Å²) in [5.41, 5.74) is 3.87. The molecule has 16 heavy (non-hydrogen) atoms. The number of likely N-dealkylation sites (tertiary alicyclic amines) is 1. The van der Waals surface area contributed by atoms with Gasteiger partial charge in [-0.15, -0.1) is 0 Å². The van der Waals surface area contributed by atoms with E-state index in [1.165, 1.54) is 38.9 Å². The second-order valence-corrected chi connectivity index (χ2v) is 5.93. The first kappa shape index (κ1) is 12.1. The van der Waals surface area contributed by atoms with Crippen LogP contribution in [-0.2, 0) is 0 Å². The molecule has 0 aliphatic carbocycles. The Morgan fingerprint density at radius 2 is 1.94 bits per heavy atom. The highest BCUT2D eigenvalue weighted by Crippen LogP contribution is 2.34. The van der Waals surface area contributed by atoms with Crippen LogP contribution in [0.2, 0.25) is 0 Å². The van der Waals surface area contributed by atoms with E-state index in [1.807, 2.05) is 0 Å². The summed E-state index contributed by atoms with van der Waals surface area (Å²) >= 11 is 0. The number of nitrogens with one attached hydrogen (secondary N) is 1. The molecular formula is C14H26N2. The third-order valence-electron chi connectivity index (χ3n) is 4.66. The lowest BCUT2D eigenvalue weighted by Gasteiger charge is -2.39. The Morgan fingerprint density at radius 3 is 2.38 bits per heavy atom. The van der Waals surface area contributed by atoms with E-state index in [9.17, 15) is 0 Å². The van der Waals surface area contributed by atoms with E-state index in [1.54, 1.807) is 11.1 Å². The average molecular weight is 222 g/mol. The van der Waals surface area contributed by atoms with Crippen LogP contribution in [0, 0.1) is 5.41 Å². The van der Waals surface area contributed by atoms with Gasteiger partial charge in [0, 0.05) is 19.6 Å². The van der Waals surface area contributed by atoms with Gasteiger partial charge in [-0.05, 0) is 43.8 Å². The molecule has 0 atom stereocenters. The Labute approximate surface area is 100 Å². The van der Waals surface area contributed by atoms with Crippen LogP contribution < -0.4 is 5.32 Å². The number of piperidine rings is 1. The number of nitrogens with zero attached hydrogens (tertiary/aromatic N) is 1. The molecule has 2 nitrogen and oxygen atoms in total. The SMILES string of the molecule is CCC1(C)CCN(CC(C)=C2CNC2)CC1. The lowest BCUT2D eigenvalue weighted by atomic mass is 9.78. The molecule has 1 N–H and O–H groups in total. The van der Waals surface area contributed by atoms with Crippen LogP contribution in [0.1, 0.15) is 40.0 Å². The monoisotopic (exact) mass is 222 g/mol. The van der Waals surface area contributed by atoms with E-state index in [0.717, 1.165) is 13.1 Å². The zero-order valence-electron chi connectivity index (χ0n) is 11.1. The van der Waals surface area contributed by atoms with Gasteiger partial charge < -0.3 is 5.32 Å². The van der Waals surface area contributed by atoms with E-state index in [4.69, 9.17) is 0 Å². The first-order valence-electron chi connectivity index (χ1n) is 6.73. The largest absolute Gasteiger partial charge is 0.309 e. The van der Waals surface area contributed by atoms with Gasteiger partial charge in [0.25, 0.3) is 0 Å². The third kappa shape index (κ3) is 2.67. The summed E-state index contributed by atoms with van der Waals surface area (Å²) in [6.45, 7) is 13.2. The fraction of sp³-hybridized carbons (Fsp3) is 0.857. The molecule has 2 aliphatic heterocycles. The first-order valence-corrected chi connectivity index (χ1v) is 6.73. The summed E-state index contributed by atoms with van der Waals surface area (Å²) in [5, 5.41) is 3.33. The van der Waals surface area contributed by atoms with Gasteiger partial charge in [0.2, 0.25) is 0 Å². The molecule has 0 spiro atoms. The lowest BCUT2D eigenvalue weighted by Crippen LogP contribution is -2.41. The second-order valence-electron chi connectivity index (χ2n) is 5.93. The van der Waals surface area contributed by atoms with Crippen molar-refractivity contribution >= 4 is 0 Å². The maximum Gasteiger partial charge on any atom is 0.0193 e. The van der Waals surface area contributed by atoms with E-state index < -0.39 is 0 Å². The van der Waals surface area contributed by atoms with E-state index >= 15 is 0 Å². The molecule has 0 aromatic heterocycles. The zero-order valence-corrected chi connectivity index (χ0v) is 11.1. The predicted molar refractivity (Wildman–Crippen MR) is 69.6 cm³/mol. The molecule has 0 aromatic carbocycles. The van der Waals surface area contributed by atoms with E-state index in [0.29, 0.717) is 5.41 Å². The van der Waals surface area contributed by atoms with Crippen molar-refractivity contribution in [1.29, 1.82) is 0 Å². The van der Waals surface area contributed by atoms with E-state index in [-0.39, 0.29) is 0 Å². The minimum Gasteiger partial charge on any atom is -0.309 e. The van der Waals surface area contributed by atoms with Gasteiger partial charge in [-0.25, -0.2) is 0 Å². The molecule has 2 saturated heterocycles. The van der Waals surface area contributed by atoms with Crippen LogP contribution in [-0.4, -0.2) is 37.6 Å². The molecular weight excluding hydrogens is 196 g/mol. The summed E-state index contributed by atoms with van der Waals surface area (Å²) in [6.07, 6.45) is 4.10. The molecule has 2 aliphatic rings. The van der Waals surface area contributed by atoms with Crippen molar-refractivity contribution in [3.8, 4) is 0 Å². The van der Waals surface area contributed by atoms with Gasteiger partial charge in [-0.3, -0.25) is 4.90 Å². The summed E-state index contributed by atoms with van der Waals surface area (Å²) in [7, 11) is 0. The minimum atomic E-state index is 0.621. The standard InChI is InChI=1S/C14H26N2/c1-4-14(3)5-7-16(8-6-14)11-12(2)13-9-15-10-13/h15H,4-11H2,1-3H3. The second kappa shape index (κ2) is 4.89. The van der Waals surface area contributed by atoms with Crippen molar-refractivity contribution in [2.45, 2.75) is 40.0 Å². The van der Waals surface area contributed by atoms with Gasteiger partial charge >= 0.3 is 0 Å². The molecule has 0 saturated carbocycles. The maximum absolute atomic E-state index is 3.33. The van der Waals surface area contributed by atoms with Gasteiger partial charge in [-0.1, -0.05) is 25.8 Å². The van der Waals surface area contributed by atoms with Gasteiger partial charge in [0.1, 0.15) is 0 Å². The Bertz CT molecular complexity index is 266. The first-order chi connectivity index (χ1) is 7.63. The minimum absolute atomic E-state index is 0.621. The summed E-state index contributed by atoms with van der Waals surface area (Å²) in [5.74, 6) is 0. The molecule has 0 aromatic rings. The van der Waals surface area contributed by atoms with E-state index in [2.05, 4.69) is 31.0 Å². The summed E-state index contributed by atoms with van der Waals surface area (Å²) < 4.78 is 0. The predicted octanol–water partition coefficient (Wildman–Crippen LogP) is 2.42. The quantitative estimate of drug-likeness (QED) is 0.738. The molecule has 92 valence electrons. The molecule has 2 heterocycles. The molecule has 0 unspecified atom stereocenters. The van der Waals surface area contributed by atoms with Crippen LogP contribution in [0.25, 0.3) is 0 Å². The Morgan fingerprint density at radius 1 is 1.31 bits per heavy atom. The lowest BCUT2D eigenvalue weighted by molar-refractivity contribution is 0.122. The highest BCUT2D eigenvalue weighted by molar-refractivity contribution is 5.22. The van der Waals surface area contributed by atoms with Gasteiger partial charge in [0.15, 0.2) is 0 Å². The van der Waals surface area contributed by atoms with Gasteiger partial charge in [-0.2, -0.15) is 0 Å². The summed E-state index contributed by atoms with van der Waals surface area (Å²) in [4.78, 5) is 2.64. The van der Waals surface area contributed by atoms with Crippen molar-refractivity contribution in [3.63, 3.8) is 0 Å². The molecule has 0 amide bonds. The number of hydrogen-bond acceptors (Lipinski definition) is 2. The fourth-order valence-electron chi connectivity index (χ4n) is 2.60. The molecule has 2 heteroatoms. The van der Waals surface area contributed by atoms with Crippen LogP contribution >= 0.6 is 0 Å². The topological polar surface area (TPSA) is 15.3 Å². The summed E-state index contributed by atoms with van der Waals surface area (Å²) in [6, 6.07) is 0. The Kier molecular flexibility index (Phi) is 3.70. The molecule has 0 radical (unpaired) electrons. The van der Waals surface area contributed by atoms with Gasteiger partial charge in [0.05, 0.1) is 0 Å². The molecule has 2 fully saturated rings. The van der Waals surface area contributed by atoms with Crippen LogP contribution in [0.3, 0.4) is 0 Å². The normalized spacial score (nSPS) is 25.3. The van der Waals surface area contributed by atoms with Crippen LogP contribution in [0.4, 0.5) is 0 Å². The third-order valence-corrected chi connectivity index (χ3v) is 4.66. The maximum atomic E-state index is 3.33. The average Bonchev–Trinajstić information content (AvgIpc) is 2.19. The van der Waals surface area contributed by atoms with Crippen molar-refractivity contribution in [2.24, 2.45) is 5.41 Å². The van der Waals surface area contributed by atoms with Crippen molar-refractivity contribution < 1.29 is 0 Å². The molecule has 2 rings (SSSR count). The smallest absolute Gasteiger partial charge is 0.0193 e. The van der Waals surface area contributed by atoms with Crippen LogP contribution in [0.5, 0.6) is 0 Å². The number of hydrogen-bond donors (Lipinski definition) is 1. The highest BCUT2D eigenvalue weighted by Gasteiger charge is 2.28. The Hall–Kier alpha value is -0.340. The van der Waals surface area contributed by atoms with Crippen molar-refractivity contribution in [2.75, 3.05) is 32.7 Å². The van der Waals surface area contributed by atoms with Crippen molar-refractivity contribution in [3.05, 3.63) is 11.1 Å². The zero-order chi connectivity index (χ0) is 11.6. The highest BCUT2D eigenvalue weighted by atomic mass is 15.1. The van der Waals surface area contributed by atoms with Crippen LogP contribution in [0.15, 0.2) is 11.1 Å². The fourth-order valence-corrected chi connectivity index (χ4v) is 2.60.